The van der Waals surface area contributed by atoms with E-state index >= 15 is 4.39 Å². The van der Waals surface area contributed by atoms with Crippen molar-refractivity contribution >= 4 is 11.6 Å². The Balaban J connectivity index is 1.79. The number of Topliss-reactive ketones (excluding diaryl/α,β-unsaturated/α-hetero) is 2. The number of nitrogens with zero attached hydrogens (tertiary/aromatic N) is 4. The van der Waals surface area contributed by atoms with Crippen molar-refractivity contribution in [3.05, 3.63) is 88.6 Å². The van der Waals surface area contributed by atoms with Crippen LogP contribution in [0.3, 0.4) is 0 Å². The van der Waals surface area contributed by atoms with E-state index in [2.05, 4.69) is 9.83 Å². The van der Waals surface area contributed by atoms with Gasteiger partial charge in [-0.05, 0) is 49.9 Å². The standard InChI is InChI=1S/C29H25FN4O2/c1-16(35)13-19-14-18(11-12-32-19)28-33-25(20-7-5-6-8-23(20)30)21-9-10-22-17(2)26(36)24(31-4)15-29(22,3)27(21)34-28/h5-8,11-12,14-15,17,22H,9-10,13H2,1-3H3/t17-,22-,29-/m1/s1. The summed E-state index contributed by atoms with van der Waals surface area (Å²) in [6.07, 6.45) is 4.86. The third-order valence-corrected chi connectivity index (χ3v) is 7.45. The predicted octanol–water partition coefficient (Wildman–Crippen LogP) is 5.32. The lowest BCUT2D eigenvalue weighted by Crippen LogP contribution is -2.46. The van der Waals surface area contributed by atoms with Crippen LogP contribution in [0.15, 0.2) is 54.4 Å². The Bertz CT molecular complexity index is 1490. The Labute approximate surface area is 209 Å². The minimum absolute atomic E-state index is 0.00826. The molecule has 0 N–H and O–H groups in total. The van der Waals surface area contributed by atoms with Gasteiger partial charge in [-0.3, -0.25) is 9.78 Å². The minimum Gasteiger partial charge on any atom is -0.308 e. The van der Waals surface area contributed by atoms with E-state index in [1.165, 1.54) is 13.0 Å². The highest BCUT2D eigenvalue weighted by atomic mass is 19.1. The van der Waals surface area contributed by atoms with Gasteiger partial charge in [-0.25, -0.2) is 19.2 Å². The molecule has 2 heterocycles. The summed E-state index contributed by atoms with van der Waals surface area (Å²) in [4.78, 5) is 42.1. The second-order valence-electron chi connectivity index (χ2n) is 9.84. The Morgan fingerprint density at radius 3 is 2.75 bits per heavy atom. The van der Waals surface area contributed by atoms with E-state index in [1.807, 2.05) is 13.8 Å². The average molecular weight is 481 g/mol. The lowest BCUT2D eigenvalue weighted by atomic mass is 9.58. The maximum absolute atomic E-state index is 15.0. The van der Waals surface area contributed by atoms with Gasteiger partial charge in [-0.1, -0.05) is 32.1 Å². The molecule has 2 aromatic heterocycles. The maximum atomic E-state index is 15.0. The van der Waals surface area contributed by atoms with Gasteiger partial charge in [0, 0.05) is 46.3 Å². The van der Waals surface area contributed by atoms with E-state index in [9.17, 15) is 9.59 Å². The molecule has 0 saturated heterocycles. The average Bonchev–Trinajstić information content (AvgIpc) is 2.86. The van der Waals surface area contributed by atoms with Crippen LogP contribution < -0.4 is 0 Å². The summed E-state index contributed by atoms with van der Waals surface area (Å²) in [7, 11) is 0. The largest absolute Gasteiger partial charge is 0.308 e. The summed E-state index contributed by atoms with van der Waals surface area (Å²) in [5, 5.41) is 0. The van der Waals surface area contributed by atoms with E-state index < -0.39 is 5.41 Å². The number of pyridine rings is 1. The molecule has 2 aliphatic rings. The number of aromatic nitrogens is 3. The molecule has 0 spiro atoms. The number of hydrogen-bond acceptors (Lipinski definition) is 5. The fourth-order valence-corrected chi connectivity index (χ4v) is 5.72. The zero-order valence-electron chi connectivity index (χ0n) is 20.4. The van der Waals surface area contributed by atoms with Crippen LogP contribution in [0.4, 0.5) is 4.39 Å². The highest BCUT2D eigenvalue weighted by Gasteiger charge is 2.49. The van der Waals surface area contributed by atoms with Crippen molar-refractivity contribution in [2.24, 2.45) is 11.8 Å². The van der Waals surface area contributed by atoms with E-state index in [0.29, 0.717) is 46.9 Å². The number of carbonyl (C=O) groups excluding carboxylic acids is 2. The van der Waals surface area contributed by atoms with Crippen molar-refractivity contribution in [2.75, 3.05) is 0 Å². The van der Waals surface area contributed by atoms with Gasteiger partial charge in [0.25, 0.3) is 0 Å². The highest BCUT2D eigenvalue weighted by molar-refractivity contribution is 6.00. The van der Waals surface area contributed by atoms with Crippen LogP contribution in [0, 0.1) is 24.2 Å². The van der Waals surface area contributed by atoms with Gasteiger partial charge < -0.3 is 4.79 Å². The first-order valence-electron chi connectivity index (χ1n) is 12.0. The first kappa shape index (κ1) is 23.7. The van der Waals surface area contributed by atoms with Crippen molar-refractivity contribution in [3.8, 4) is 22.6 Å². The van der Waals surface area contributed by atoms with Crippen LogP contribution in [-0.2, 0) is 27.8 Å². The molecule has 0 radical (unpaired) electrons. The quantitative estimate of drug-likeness (QED) is 0.473. The summed E-state index contributed by atoms with van der Waals surface area (Å²) >= 11 is 0. The van der Waals surface area contributed by atoms with E-state index in [1.54, 1.807) is 42.6 Å². The van der Waals surface area contributed by atoms with E-state index in [4.69, 9.17) is 16.5 Å². The molecule has 2 aliphatic carbocycles. The van der Waals surface area contributed by atoms with Gasteiger partial charge in [0.15, 0.2) is 11.6 Å². The summed E-state index contributed by atoms with van der Waals surface area (Å²) in [6, 6.07) is 10.1. The molecule has 180 valence electrons. The number of rotatable bonds is 4. The summed E-state index contributed by atoms with van der Waals surface area (Å²) in [5.41, 5.74) is 3.15. The van der Waals surface area contributed by atoms with E-state index in [0.717, 1.165) is 5.56 Å². The number of carbonyl (C=O) groups is 2. The Morgan fingerprint density at radius 2 is 2.03 bits per heavy atom. The first-order chi connectivity index (χ1) is 17.2. The SMILES string of the molecule is [C-]#[N+]C1=C[C@@]2(C)c3nc(-c4ccnc(CC(C)=O)c4)nc(-c4ccccc4F)c3CC[C@@H]2[C@@H](C)C1=O. The molecule has 1 aromatic carbocycles. The van der Waals surface area contributed by atoms with Crippen molar-refractivity contribution in [1.29, 1.82) is 0 Å². The van der Waals surface area contributed by atoms with Crippen LogP contribution in [0.2, 0.25) is 0 Å². The second-order valence-corrected chi connectivity index (χ2v) is 9.84. The van der Waals surface area contributed by atoms with Gasteiger partial charge in [-0.2, -0.15) is 0 Å². The molecule has 6 nitrogen and oxygen atoms in total. The lowest BCUT2D eigenvalue weighted by Gasteiger charge is -2.46. The van der Waals surface area contributed by atoms with Gasteiger partial charge in [0.2, 0.25) is 5.70 Å². The smallest absolute Gasteiger partial charge is 0.226 e. The normalized spacial score (nSPS) is 22.8. The van der Waals surface area contributed by atoms with Crippen molar-refractivity contribution in [1.82, 2.24) is 15.0 Å². The molecule has 3 atom stereocenters. The zero-order chi connectivity index (χ0) is 25.6. The second kappa shape index (κ2) is 8.87. The monoisotopic (exact) mass is 480 g/mol. The van der Waals surface area contributed by atoms with Crippen molar-refractivity contribution in [2.45, 2.75) is 45.4 Å². The molecule has 0 amide bonds. The molecule has 36 heavy (non-hydrogen) atoms. The fourth-order valence-electron chi connectivity index (χ4n) is 5.72. The third-order valence-electron chi connectivity index (χ3n) is 7.45. The number of halogens is 1. The first-order valence-corrected chi connectivity index (χ1v) is 12.0. The van der Waals surface area contributed by atoms with Crippen LogP contribution >= 0.6 is 0 Å². The Kier molecular flexibility index (Phi) is 5.83. The molecule has 0 bridgehead atoms. The topological polar surface area (TPSA) is 77.2 Å². The fraction of sp³-hybridized carbons (Fsp3) is 0.310. The van der Waals surface area contributed by atoms with Crippen molar-refractivity contribution in [3.63, 3.8) is 0 Å². The Morgan fingerprint density at radius 1 is 1.25 bits per heavy atom. The zero-order valence-corrected chi connectivity index (χ0v) is 20.4. The van der Waals surface area contributed by atoms with Crippen LogP contribution in [0.5, 0.6) is 0 Å². The number of allylic oxidation sites excluding steroid dienone is 2. The van der Waals surface area contributed by atoms with Gasteiger partial charge in [-0.15, -0.1) is 0 Å². The third kappa shape index (κ3) is 3.83. The highest BCUT2D eigenvalue weighted by Crippen LogP contribution is 2.51. The number of ketones is 2. The molecule has 0 saturated carbocycles. The number of hydrogen-bond donors (Lipinski definition) is 0. The molecule has 0 unspecified atom stereocenters. The minimum atomic E-state index is -0.687. The van der Waals surface area contributed by atoms with E-state index in [-0.39, 0.29) is 41.3 Å². The van der Waals surface area contributed by atoms with Crippen molar-refractivity contribution < 1.29 is 14.0 Å². The predicted molar refractivity (Wildman–Crippen MR) is 133 cm³/mol. The molecular formula is C29H25FN4O2. The summed E-state index contributed by atoms with van der Waals surface area (Å²) in [5.74, 6) is -0.495. The Hall–Kier alpha value is -4.05. The molecular weight excluding hydrogens is 455 g/mol. The van der Waals surface area contributed by atoms with Gasteiger partial charge in [0.1, 0.15) is 11.6 Å². The molecule has 0 aliphatic heterocycles. The lowest BCUT2D eigenvalue weighted by molar-refractivity contribution is -0.121. The number of benzene rings is 1. The maximum Gasteiger partial charge on any atom is 0.226 e. The summed E-state index contributed by atoms with van der Waals surface area (Å²) in [6.45, 7) is 13.0. The van der Waals surface area contributed by atoms with Gasteiger partial charge >= 0.3 is 0 Å². The number of fused-ring (bicyclic) bond motifs is 3. The van der Waals surface area contributed by atoms with Gasteiger partial charge in [0.05, 0.1) is 18.0 Å². The molecule has 5 rings (SSSR count). The molecule has 7 heteroatoms. The molecule has 3 aromatic rings. The summed E-state index contributed by atoms with van der Waals surface area (Å²) < 4.78 is 15.0. The van der Waals surface area contributed by atoms with Crippen LogP contribution in [0.1, 0.15) is 44.1 Å². The molecule has 0 fully saturated rings. The van der Waals surface area contributed by atoms with Crippen LogP contribution in [-0.4, -0.2) is 26.5 Å². The van der Waals surface area contributed by atoms with Crippen LogP contribution in [0.25, 0.3) is 27.5 Å².